The summed E-state index contributed by atoms with van der Waals surface area (Å²) in [4.78, 5) is 26.8. The zero-order valence-corrected chi connectivity index (χ0v) is 23.6. The number of methoxy groups -OCH3 is 1. The van der Waals surface area contributed by atoms with E-state index in [1.807, 2.05) is 49.9 Å². The van der Waals surface area contributed by atoms with Crippen molar-refractivity contribution in [3.63, 3.8) is 0 Å². The normalized spacial score (nSPS) is 13.3. The number of ether oxygens (including phenoxy) is 2. The summed E-state index contributed by atoms with van der Waals surface area (Å²) in [7, 11) is 5.67. The highest BCUT2D eigenvalue weighted by Gasteiger charge is 2.20. The molecule has 0 unspecified atom stereocenters. The first-order valence-electron chi connectivity index (χ1n) is 12.8. The Morgan fingerprint density at radius 2 is 2.08 bits per heavy atom. The topological polar surface area (TPSA) is 110 Å². The van der Waals surface area contributed by atoms with E-state index in [1.165, 1.54) is 6.08 Å². The van der Waals surface area contributed by atoms with Crippen molar-refractivity contribution in [2.45, 2.75) is 6.54 Å². The molecule has 0 saturated carbocycles. The van der Waals surface area contributed by atoms with Gasteiger partial charge < -0.3 is 29.9 Å². The lowest BCUT2D eigenvalue weighted by Gasteiger charge is -2.31. The average Bonchev–Trinajstić information content (AvgIpc) is 3.64. The first kappa shape index (κ1) is 27.3. The Bertz CT molecular complexity index is 1480. The third-order valence-corrected chi connectivity index (χ3v) is 7.14. The van der Waals surface area contributed by atoms with Crippen LogP contribution in [0, 0.1) is 0 Å². The minimum absolute atomic E-state index is 0.308. The molecule has 4 heterocycles. The summed E-state index contributed by atoms with van der Waals surface area (Å²) < 4.78 is 13.0. The van der Waals surface area contributed by atoms with E-state index in [4.69, 9.17) is 19.6 Å². The molecule has 1 aliphatic rings. The maximum absolute atomic E-state index is 12.3. The number of thiophene rings is 1. The van der Waals surface area contributed by atoms with Gasteiger partial charge in [-0.05, 0) is 37.7 Å². The van der Waals surface area contributed by atoms with Crippen LogP contribution in [0.3, 0.4) is 0 Å². The molecule has 1 saturated heterocycles. The fraction of sp³-hybridized carbons (Fsp3) is 0.286. The molecule has 11 nitrogen and oxygen atoms in total. The standard InChI is InChI=1S/C28H32N8O3S/c1-5-26(37)30-20-15-21(23(38-4)16-22(20)35-10-12-39-13-11-35)31-28-29-9-8-25(32-28)36-18-19(17-34(2)3)27(33-36)24-7-6-14-40-24/h5-9,14-16,18H,1,10-13,17H2,2-4H3,(H,30,37)(H,29,31,32). The fourth-order valence-electron chi connectivity index (χ4n) is 4.45. The van der Waals surface area contributed by atoms with Crippen LogP contribution in [-0.4, -0.2) is 78.1 Å². The molecule has 1 aromatic carbocycles. The van der Waals surface area contributed by atoms with Crippen LogP contribution >= 0.6 is 11.3 Å². The molecule has 0 atom stereocenters. The maximum Gasteiger partial charge on any atom is 0.247 e. The van der Waals surface area contributed by atoms with Gasteiger partial charge in [0.25, 0.3) is 0 Å². The van der Waals surface area contributed by atoms with Crippen molar-refractivity contribution in [3.8, 4) is 22.1 Å². The van der Waals surface area contributed by atoms with Gasteiger partial charge in [-0.2, -0.15) is 10.1 Å². The first-order valence-corrected chi connectivity index (χ1v) is 13.7. The van der Waals surface area contributed by atoms with E-state index >= 15 is 0 Å². The van der Waals surface area contributed by atoms with Crippen molar-refractivity contribution >= 4 is 40.3 Å². The minimum Gasteiger partial charge on any atom is -0.494 e. The molecule has 5 rings (SSSR count). The Kier molecular flexibility index (Phi) is 8.39. The van der Waals surface area contributed by atoms with Gasteiger partial charge in [0, 0.05) is 49.7 Å². The van der Waals surface area contributed by atoms with Gasteiger partial charge in [-0.25, -0.2) is 9.67 Å². The molecule has 1 fully saturated rings. The van der Waals surface area contributed by atoms with Crippen molar-refractivity contribution in [1.29, 1.82) is 0 Å². The molecule has 1 aliphatic heterocycles. The van der Waals surface area contributed by atoms with Crippen LogP contribution in [0.5, 0.6) is 5.75 Å². The van der Waals surface area contributed by atoms with Crippen molar-refractivity contribution in [2.75, 3.05) is 63.0 Å². The number of anilines is 4. The van der Waals surface area contributed by atoms with Gasteiger partial charge in [-0.3, -0.25) is 4.79 Å². The van der Waals surface area contributed by atoms with Crippen molar-refractivity contribution in [1.82, 2.24) is 24.6 Å². The summed E-state index contributed by atoms with van der Waals surface area (Å²) in [5.74, 6) is 1.25. The van der Waals surface area contributed by atoms with E-state index < -0.39 is 0 Å². The fourth-order valence-corrected chi connectivity index (χ4v) is 5.19. The van der Waals surface area contributed by atoms with Crippen molar-refractivity contribution in [3.05, 3.63) is 66.3 Å². The van der Waals surface area contributed by atoms with Crippen LogP contribution in [0.15, 0.2) is 60.8 Å². The Balaban J connectivity index is 1.48. The number of morpholine rings is 1. The number of nitrogens with one attached hydrogen (secondary N) is 2. The molecule has 2 N–H and O–H groups in total. The summed E-state index contributed by atoms with van der Waals surface area (Å²) >= 11 is 1.65. The molecule has 0 bridgehead atoms. The zero-order valence-electron chi connectivity index (χ0n) is 22.8. The van der Waals surface area contributed by atoms with Gasteiger partial charge in [0.05, 0.1) is 42.3 Å². The lowest BCUT2D eigenvalue weighted by atomic mass is 10.1. The predicted molar refractivity (Wildman–Crippen MR) is 158 cm³/mol. The van der Waals surface area contributed by atoms with E-state index in [0.717, 1.165) is 28.4 Å². The number of hydrogen-bond donors (Lipinski definition) is 2. The molecule has 3 aromatic heterocycles. The van der Waals surface area contributed by atoms with Gasteiger partial charge in [0.1, 0.15) is 11.4 Å². The van der Waals surface area contributed by atoms with Crippen LogP contribution in [0.1, 0.15) is 5.56 Å². The predicted octanol–water partition coefficient (Wildman–Crippen LogP) is 4.17. The molecule has 12 heteroatoms. The highest BCUT2D eigenvalue weighted by Crippen LogP contribution is 2.38. The first-order chi connectivity index (χ1) is 19.4. The summed E-state index contributed by atoms with van der Waals surface area (Å²) in [5, 5.41) is 13.1. The van der Waals surface area contributed by atoms with E-state index in [9.17, 15) is 4.79 Å². The molecule has 208 valence electrons. The maximum atomic E-state index is 12.3. The highest BCUT2D eigenvalue weighted by atomic mass is 32.1. The van der Waals surface area contributed by atoms with Crippen LogP contribution in [-0.2, 0) is 16.1 Å². The SMILES string of the molecule is C=CC(=O)Nc1cc(Nc2nccc(-n3cc(CN(C)C)c(-c4cccs4)n3)n2)c(OC)cc1N1CCOCC1. The van der Waals surface area contributed by atoms with Gasteiger partial charge in [0.15, 0.2) is 5.82 Å². The number of rotatable bonds is 10. The van der Waals surface area contributed by atoms with E-state index in [-0.39, 0.29) is 5.91 Å². The second kappa shape index (κ2) is 12.3. The van der Waals surface area contributed by atoms with Crippen molar-refractivity contribution < 1.29 is 14.3 Å². The number of aromatic nitrogens is 4. The second-order valence-electron chi connectivity index (χ2n) is 9.39. The van der Waals surface area contributed by atoms with Crippen LogP contribution in [0.4, 0.5) is 23.0 Å². The summed E-state index contributed by atoms with van der Waals surface area (Å²) in [5.41, 5.74) is 4.08. The van der Waals surface area contributed by atoms with Crippen molar-refractivity contribution in [2.24, 2.45) is 0 Å². The van der Waals surface area contributed by atoms with Gasteiger partial charge in [-0.15, -0.1) is 11.3 Å². The monoisotopic (exact) mass is 560 g/mol. The number of carbonyl (C=O) groups is 1. The highest BCUT2D eigenvalue weighted by molar-refractivity contribution is 7.13. The summed E-state index contributed by atoms with van der Waals surface area (Å²) in [6, 6.07) is 9.61. The lowest BCUT2D eigenvalue weighted by Crippen LogP contribution is -2.36. The Hall–Kier alpha value is -4.26. The third kappa shape index (κ3) is 6.14. The van der Waals surface area contributed by atoms with Crippen LogP contribution < -0.4 is 20.3 Å². The van der Waals surface area contributed by atoms with Gasteiger partial charge >= 0.3 is 0 Å². The quantitative estimate of drug-likeness (QED) is 0.276. The Labute approximate surface area is 237 Å². The van der Waals surface area contributed by atoms with Gasteiger partial charge in [-0.1, -0.05) is 12.6 Å². The third-order valence-electron chi connectivity index (χ3n) is 6.27. The molecule has 4 aromatic rings. The van der Waals surface area contributed by atoms with Crippen LogP contribution in [0.2, 0.25) is 0 Å². The van der Waals surface area contributed by atoms with E-state index in [1.54, 1.807) is 29.3 Å². The number of hydrogen-bond acceptors (Lipinski definition) is 10. The minimum atomic E-state index is -0.308. The smallest absolute Gasteiger partial charge is 0.247 e. The molecule has 40 heavy (non-hydrogen) atoms. The number of nitrogens with zero attached hydrogens (tertiary/aromatic N) is 6. The van der Waals surface area contributed by atoms with E-state index in [2.05, 4.69) is 38.1 Å². The lowest BCUT2D eigenvalue weighted by molar-refractivity contribution is -0.111. The number of carbonyl (C=O) groups excluding carboxylic acids is 1. The molecular weight excluding hydrogens is 528 g/mol. The van der Waals surface area contributed by atoms with Gasteiger partial charge in [0.2, 0.25) is 11.9 Å². The Morgan fingerprint density at radius 1 is 1.25 bits per heavy atom. The summed E-state index contributed by atoms with van der Waals surface area (Å²) in [6.45, 7) is 6.94. The van der Waals surface area contributed by atoms with Crippen LogP contribution in [0.25, 0.3) is 16.4 Å². The molecule has 0 radical (unpaired) electrons. The zero-order chi connectivity index (χ0) is 28.1. The summed E-state index contributed by atoms with van der Waals surface area (Å²) in [6.07, 6.45) is 4.92. The Morgan fingerprint density at radius 3 is 2.77 bits per heavy atom. The second-order valence-corrected chi connectivity index (χ2v) is 10.3. The largest absolute Gasteiger partial charge is 0.494 e. The molecule has 0 spiro atoms. The molecule has 1 amide bonds. The van der Waals surface area contributed by atoms with E-state index in [0.29, 0.717) is 55.2 Å². The molecule has 0 aliphatic carbocycles. The number of amides is 1. The average molecular weight is 561 g/mol. The number of benzene rings is 1. The molecular formula is C28H32N8O3S.